The van der Waals surface area contributed by atoms with Gasteiger partial charge in [0.05, 0.1) is 6.54 Å². The Morgan fingerprint density at radius 1 is 1.04 bits per heavy atom. The summed E-state index contributed by atoms with van der Waals surface area (Å²) in [6.07, 6.45) is 0. The van der Waals surface area contributed by atoms with Crippen molar-refractivity contribution >= 4 is 23.3 Å². The van der Waals surface area contributed by atoms with E-state index >= 15 is 0 Å². The predicted octanol–water partition coefficient (Wildman–Crippen LogP) is 3.43. The van der Waals surface area contributed by atoms with Crippen molar-refractivity contribution in [2.24, 2.45) is 0 Å². The largest absolute Gasteiger partial charge is 0.336 e. The van der Waals surface area contributed by atoms with Crippen molar-refractivity contribution in [1.82, 2.24) is 9.80 Å². The molecule has 0 aliphatic carbocycles. The summed E-state index contributed by atoms with van der Waals surface area (Å²) in [5, 5.41) is 0.537. The zero-order chi connectivity index (χ0) is 18.7. The second-order valence-corrected chi connectivity index (χ2v) is 6.90. The summed E-state index contributed by atoms with van der Waals surface area (Å²) in [6.45, 7) is 4.27. The molecule has 2 aromatic carbocycles. The number of ketones is 1. The van der Waals surface area contributed by atoms with E-state index in [1.807, 2.05) is 4.90 Å². The molecule has 3 rings (SSSR count). The first-order valence-corrected chi connectivity index (χ1v) is 8.88. The van der Waals surface area contributed by atoms with E-state index < -0.39 is 0 Å². The molecule has 0 saturated carbocycles. The molecule has 0 bridgehead atoms. The van der Waals surface area contributed by atoms with Crippen molar-refractivity contribution in [3.05, 3.63) is 70.0 Å². The van der Waals surface area contributed by atoms with Gasteiger partial charge in [-0.2, -0.15) is 0 Å². The first-order chi connectivity index (χ1) is 12.4. The lowest BCUT2D eigenvalue weighted by Crippen LogP contribution is -2.49. The second kappa shape index (κ2) is 7.98. The molecule has 0 N–H and O–H groups in total. The van der Waals surface area contributed by atoms with Gasteiger partial charge in [0.1, 0.15) is 5.82 Å². The lowest BCUT2D eigenvalue weighted by Gasteiger charge is -2.34. The molecule has 26 heavy (non-hydrogen) atoms. The molecule has 1 saturated heterocycles. The summed E-state index contributed by atoms with van der Waals surface area (Å²) in [5.74, 6) is -0.398. The van der Waals surface area contributed by atoms with Gasteiger partial charge < -0.3 is 4.90 Å². The number of amides is 1. The van der Waals surface area contributed by atoms with Gasteiger partial charge in [-0.25, -0.2) is 4.39 Å². The van der Waals surface area contributed by atoms with Gasteiger partial charge in [-0.15, -0.1) is 0 Å². The van der Waals surface area contributed by atoms with Gasteiger partial charge in [0.2, 0.25) is 0 Å². The van der Waals surface area contributed by atoms with Crippen molar-refractivity contribution in [2.45, 2.75) is 6.92 Å². The number of piperazine rings is 1. The van der Waals surface area contributed by atoms with Crippen LogP contribution in [0.2, 0.25) is 5.02 Å². The smallest absolute Gasteiger partial charge is 0.253 e. The molecule has 1 amide bonds. The summed E-state index contributed by atoms with van der Waals surface area (Å²) in [7, 11) is 0. The number of rotatable bonds is 4. The highest BCUT2D eigenvalue weighted by atomic mass is 35.5. The van der Waals surface area contributed by atoms with Crippen molar-refractivity contribution < 1.29 is 14.0 Å². The van der Waals surface area contributed by atoms with Crippen LogP contribution in [0.1, 0.15) is 26.3 Å². The van der Waals surface area contributed by atoms with Gasteiger partial charge in [-0.3, -0.25) is 14.5 Å². The Bertz CT molecular complexity index is 832. The fourth-order valence-electron chi connectivity index (χ4n) is 3.03. The number of aryl methyl sites for hydroxylation is 1. The Hall–Kier alpha value is -2.24. The SMILES string of the molecule is Cc1cc(C(=O)CN2CCN(C(=O)c3cccc(Cl)c3)CC2)ccc1F. The third kappa shape index (κ3) is 4.29. The van der Waals surface area contributed by atoms with Crippen LogP contribution in [0.5, 0.6) is 0 Å². The molecule has 0 atom stereocenters. The van der Waals surface area contributed by atoms with Crippen LogP contribution < -0.4 is 0 Å². The molecule has 4 nitrogen and oxygen atoms in total. The molecular formula is C20H20ClFN2O2. The van der Waals surface area contributed by atoms with Crippen LogP contribution in [-0.4, -0.2) is 54.2 Å². The molecule has 1 heterocycles. The van der Waals surface area contributed by atoms with E-state index in [-0.39, 0.29) is 24.1 Å². The number of Topliss-reactive ketones (excluding diaryl/α,β-unsaturated/α-hetero) is 1. The summed E-state index contributed by atoms with van der Waals surface area (Å²) in [5.41, 5.74) is 1.55. The van der Waals surface area contributed by atoms with Crippen LogP contribution in [0.25, 0.3) is 0 Å². The van der Waals surface area contributed by atoms with E-state index in [0.717, 1.165) is 0 Å². The van der Waals surface area contributed by atoms with Crippen molar-refractivity contribution in [2.75, 3.05) is 32.7 Å². The van der Waals surface area contributed by atoms with E-state index in [1.165, 1.54) is 12.1 Å². The van der Waals surface area contributed by atoms with Gasteiger partial charge in [0, 0.05) is 42.3 Å². The summed E-state index contributed by atoms with van der Waals surface area (Å²) < 4.78 is 13.3. The number of carbonyl (C=O) groups excluding carboxylic acids is 2. The van der Waals surface area contributed by atoms with Gasteiger partial charge in [0.15, 0.2) is 5.78 Å². The fourth-order valence-corrected chi connectivity index (χ4v) is 3.22. The number of hydrogen-bond acceptors (Lipinski definition) is 3. The minimum absolute atomic E-state index is 0.0392. The molecule has 0 radical (unpaired) electrons. The first-order valence-electron chi connectivity index (χ1n) is 8.50. The molecule has 1 aliphatic rings. The Kier molecular flexibility index (Phi) is 5.69. The van der Waals surface area contributed by atoms with E-state index in [4.69, 9.17) is 11.6 Å². The van der Waals surface area contributed by atoms with E-state index in [1.54, 1.807) is 42.2 Å². The number of hydrogen-bond donors (Lipinski definition) is 0. The number of carbonyl (C=O) groups is 2. The van der Waals surface area contributed by atoms with Crippen LogP contribution in [0.15, 0.2) is 42.5 Å². The standard InChI is InChI=1S/C20H20ClFN2O2/c1-14-11-15(5-6-18(14)22)19(25)13-23-7-9-24(10-8-23)20(26)16-3-2-4-17(21)12-16/h2-6,11-12H,7-10,13H2,1H3. The zero-order valence-electron chi connectivity index (χ0n) is 14.5. The second-order valence-electron chi connectivity index (χ2n) is 6.47. The Morgan fingerprint density at radius 3 is 2.42 bits per heavy atom. The topological polar surface area (TPSA) is 40.6 Å². The molecule has 1 aliphatic heterocycles. The van der Waals surface area contributed by atoms with Gasteiger partial charge in [-0.05, 0) is 48.9 Å². The molecule has 0 unspecified atom stereocenters. The summed E-state index contributed by atoms with van der Waals surface area (Å²) >= 11 is 5.95. The van der Waals surface area contributed by atoms with E-state index in [2.05, 4.69) is 0 Å². The summed E-state index contributed by atoms with van der Waals surface area (Å²) in [4.78, 5) is 28.7. The molecule has 0 spiro atoms. The van der Waals surface area contributed by atoms with E-state index in [9.17, 15) is 14.0 Å². The summed E-state index contributed by atoms with van der Waals surface area (Å²) in [6, 6.07) is 11.3. The quantitative estimate of drug-likeness (QED) is 0.770. The van der Waals surface area contributed by atoms with Crippen LogP contribution in [0.3, 0.4) is 0 Å². The van der Waals surface area contributed by atoms with Crippen molar-refractivity contribution in [3.8, 4) is 0 Å². The Labute approximate surface area is 157 Å². The Morgan fingerprint density at radius 2 is 1.77 bits per heavy atom. The normalized spacial score (nSPS) is 15.1. The van der Waals surface area contributed by atoms with Crippen molar-refractivity contribution in [3.63, 3.8) is 0 Å². The van der Waals surface area contributed by atoms with Crippen LogP contribution in [-0.2, 0) is 0 Å². The molecule has 0 aromatic heterocycles. The molecular weight excluding hydrogens is 355 g/mol. The lowest BCUT2D eigenvalue weighted by molar-refractivity contribution is 0.0624. The number of halogens is 2. The van der Waals surface area contributed by atoms with Gasteiger partial charge in [0.25, 0.3) is 5.91 Å². The minimum Gasteiger partial charge on any atom is -0.336 e. The maximum absolute atomic E-state index is 13.3. The van der Waals surface area contributed by atoms with Crippen LogP contribution >= 0.6 is 11.6 Å². The molecule has 2 aromatic rings. The monoisotopic (exact) mass is 374 g/mol. The first kappa shape index (κ1) is 18.5. The predicted molar refractivity (Wildman–Crippen MR) is 99.3 cm³/mol. The lowest BCUT2D eigenvalue weighted by atomic mass is 10.1. The zero-order valence-corrected chi connectivity index (χ0v) is 15.3. The molecule has 1 fully saturated rings. The Balaban J connectivity index is 1.55. The van der Waals surface area contributed by atoms with Crippen LogP contribution in [0.4, 0.5) is 4.39 Å². The maximum atomic E-state index is 13.3. The van der Waals surface area contributed by atoms with Crippen molar-refractivity contribution in [1.29, 1.82) is 0 Å². The van der Waals surface area contributed by atoms with Gasteiger partial charge >= 0.3 is 0 Å². The fraction of sp³-hybridized carbons (Fsp3) is 0.300. The third-order valence-corrected chi connectivity index (χ3v) is 4.81. The average molecular weight is 375 g/mol. The maximum Gasteiger partial charge on any atom is 0.253 e. The molecule has 136 valence electrons. The minimum atomic E-state index is -0.310. The highest BCUT2D eigenvalue weighted by Crippen LogP contribution is 2.15. The van der Waals surface area contributed by atoms with E-state index in [0.29, 0.717) is 47.9 Å². The highest BCUT2D eigenvalue weighted by Gasteiger charge is 2.23. The van der Waals surface area contributed by atoms with Crippen LogP contribution in [0, 0.1) is 12.7 Å². The van der Waals surface area contributed by atoms with Gasteiger partial charge in [-0.1, -0.05) is 17.7 Å². The average Bonchev–Trinajstić information content (AvgIpc) is 2.64. The number of nitrogens with zero attached hydrogens (tertiary/aromatic N) is 2. The highest BCUT2D eigenvalue weighted by molar-refractivity contribution is 6.30. The molecule has 6 heteroatoms. The third-order valence-electron chi connectivity index (χ3n) is 4.58. The number of benzene rings is 2.